The third kappa shape index (κ3) is 57.6. The van der Waals surface area contributed by atoms with Gasteiger partial charge in [-0.2, -0.15) is 0 Å². The Morgan fingerprint density at radius 1 is 0.389 bits per heavy atom. The summed E-state index contributed by atoms with van der Waals surface area (Å²) in [5, 5.41) is 23.4. The van der Waals surface area contributed by atoms with Gasteiger partial charge in [0.1, 0.15) is 0 Å². The van der Waals surface area contributed by atoms with Crippen molar-refractivity contribution in [3.05, 3.63) is 24.3 Å². The van der Waals surface area contributed by atoms with Crippen LogP contribution >= 0.6 is 0 Å². The maximum atomic E-state index is 12.5. The zero-order chi connectivity index (χ0) is 52.2. The normalized spacial score (nSPS) is 12.7. The summed E-state index contributed by atoms with van der Waals surface area (Å²) in [6, 6.07) is -0.559. The van der Waals surface area contributed by atoms with Crippen molar-refractivity contribution in [1.82, 2.24) is 5.32 Å². The van der Waals surface area contributed by atoms with E-state index in [0.29, 0.717) is 25.9 Å². The lowest BCUT2D eigenvalue weighted by Gasteiger charge is -2.22. The highest BCUT2D eigenvalue weighted by Gasteiger charge is 2.20. The number of esters is 1. The van der Waals surface area contributed by atoms with Crippen molar-refractivity contribution in [1.29, 1.82) is 0 Å². The molecule has 0 fully saturated rings. The molecule has 0 heterocycles. The van der Waals surface area contributed by atoms with Crippen molar-refractivity contribution in [3.63, 3.8) is 0 Å². The van der Waals surface area contributed by atoms with E-state index in [9.17, 15) is 19.8 Å². The first-order chi connectivity index (χ1) is 35.5. The molecule has 0 aliphatic rings. The highest BCUT2D eigenvalue weighted by atomic mass is 16.5. The SMILES string of the molecule is CCCCCCCCCCCCCCCCCCCCCCCCCCCC(O)C(CO)NC(=O)CCCCCCCC/C=C\C=C/CCCCCOC(=O)CCCCCCCCCCCCCCCCC. The van der Waals surface area contributed by atoms with Crippen molar-refractivity contribution in [2.24, 2.45) is 0 Å². The molecule has 0 aliphatic carbocycles. The van der Waals surface area contributed by atoms with Gasteiger partial charge in [0.05, 0.1) is 25.4 Å². The standard InChI is InChI=1S/C66H127NO5/c1-3-5-7-9-11-13-15-17-19-20-21-22-23-24-25-26-27-28-31-34-38-42-46-50-54-58-64(69)63(62-68)67-65(70)59-55-51-47-43-39-35-32-29-33-37-41-45-49-53-57-61-72-66(71)60-56-52-48-44-40-36-30-18-16-14-12-10-8-6-4-2/h29,33,37,41,63-64,68-69H,3-28,30-32,34-36,38-40,42-62H2,1-2H3,(H,67,70)/b33-29-,41-37-. The van der Waals surface area contributed by atoms with Crippen LogP contribution in [0.15, 0.2) is 24.3 Å². The zero-order valence-corrected chi connectivity index (χ0v) is 48.7. The van der Waals surface area contributed by atoms with Crippen molar-refractivity contribution in [2.75, 3.05) is 13.2 Å². The van der Waals surface area contributed by atoms with Crippen molar-refractivity contribution in [3.8, 4) is 0 Å². The summed E-state index contributed by atoms with van der Waals surface area (Å²) in [6.07, 6.45) is 76.3. The van der Waals surface area contributed by atoms with Gasteiger partial charge >= 0.3 is 5.97 Å². The molecule has 3 N–H and O–H groups in total. The van der Waals surface area contributed by atoms with Gasteiger partial charge in [-0.1, -0.05) is 314 Å². The number of unbranched alkanes of at least 4 members (excludes halogenated alkanes) is 47. The van der Waals surface area contributed by atoms with Gasteiger partial charge in [0, 0.05) is 12.8 Å². The second-order valence-corrected chi connectivity index (χ2v) is 22.5. The van der Waals surface area contributed by atoms with E-state index in [-0.39, 0.29) is 18.5 Å². The number of aliphatic hydroxyl groups excluding tert-OH is 2. The fourth-order valence-corrected chi connectivity index (χ4v) is 10.3. The molecule has 0 radical (unpaired) electrons. The molecule has 6 nitrogen and oxygen atoms in total. The number of hydrogen-bond acceptors (Lipinski definition) is 5. The molecule has 2 unspecified atom stereocenters. The Hall–Kier alpha value is -1.66. The van der Waals surface area contributed by atoms with Gasteiger partial charge in [0.25, 0.3) is 0 Å². The molecular weight excluding hydrogens is 887 g/mol. The van der Waals surface area contributed by atoms with Gasteiger partial charge in [-0.05, 0) is 57.8 Å². The van der Waals surface area contributed by atoms with E-state index in [2.05, 4.69) is 43.5 Å². The fraction of sp³-hybridized carbons (Fsp3) is 0.909. The summed E-state index contributed by atoms with van der Waals surface area (Å²) < 4.78 is 5.46. The van der Waals surface area contributed by atoms with E-state index in [4.69, 9.17) is 4.74 Å². The van der Waals surface area contributed by atoms with Crippen LogP contribution in [-0.2, 0) is 14.3 Å². The summed E-state index contributed by atoms with van der Waals surface area (Å²) in [5.41, 5.74) is 0. The maximum Gasteiger partial charge on any atom is 0.305 e. The number of rotatable bonds is 61. The summed E-state index contributed by atoms with van der Waals surface area (Å²) in [7, 11) is 0. The van der Waals surface area contributed by atoms with Gasteiger partial charge in [-0.25, -0.2) is 0 Å². The number of ether oxygens (including phenoxy) is 1. The van der Waals surface area contributed by atoms with Gasteiger partial charge in [-0.15, -0.1) is 0 Å². The molecule has 0 aliphatic heterocycles. The lowest BCUT2D eigenvalue weighted by Crippen LogP contribution is -2.45. The Morgan fingerprint density at radius 3 is 1.03 bits per heavy atom. The van der Waals surface area contributed by atoms with Crippen molar-refractivity contribution < 1.29 is 24.5 Å². The smallest absolute Gasteiger partial charge is 0.305 e. The van der Waals surface area contributed by atoms with E-state index in [1.54, 1.807) is 0 Å². The molecule has 2 atom stereocenters. The topological polar surface area (TPSA) is 95.9 Å². The van der Waals surface area contributed by atoms with Crippen LogP contribution in [0.25, 0.3) is 0 Å². The lowest BCUT2D eigenvalue weighted by molar-refractivity contribution is -0.143. The summed E-state index contributed by atoms with van der Waals surface area (Å²) in [5.74, 6) is -0.0709. The summed E-state index contributed by atoms with van der Waals surface area (Å²) >= 11 is 0. The first-order valence-corrected chi connectivity index (χ1v) is 32.6. The van der Waals surface area contributed by atoms with Gasteiger partial charge < -0.3 is 20.3 Å². The minimum absolute atomic E-state index is 0.0177. The molecule has 0 bridgehead atoms. The molecule has 0 spiro atoms. The first kappa shape index (κ1) is 70.3. The molecule has 72 heavy (non-hydrogen) atoms. The maximum absolute atomic E-state index is 12.5. The summed E-state index contributed by atoms with van der Waals surface area (Å²) in [4.78, 5) is 24.6. The molecule has 0 aromatic heterocycles. The molecule has 0 saturated carbocycles. The van der Waals surface area contributed by atoms with Crippen LogP contribution in [-0.4, -0.2) is 47.4 Å². The highest BCUT2D eigenvalue weighted by Crippen LogP contribution is 2.18. The van der Waals surface area contributed by atoms with Crippen LogP contribution in [0.4, 0.5) is 0 Å². The molecule has 1 amide bonds. The minimum Gasteiger partial charge on any atom is -0.466 e. The summed E-state index contributed by atoms with van der Waals surface area (Å²) in [6.45, 7) is 4.93. The Morgan fingerprint density at radius 2 is 0.681 bits per heavy atom. The van der Waals surface area contributed by atoms with Crippen LogP contribution in [0.1, 0.15) is 361 Å². The minimum atomic E-state index is -0.680. The lowest BCUT2D eigenvalue weighted by atomic mass is 10.0. The Balaban J connectivity index is 3.48. The molecule has 6 heteroatoms. The van der Waals surface area contributed by atoms with E-state index < -0.39 is 12.1 Å². The predicted octanol–water partition coefficient (Wildman–Crippen LogP) is 20.6. The van der Waals surface area contributed by atoms with Crippen LogP contribution in [0, 0.1) is 0 Å². The van der Waals surface area contributed by atoms with Crippen LogP contribution in [0.3, 0.4) is 0 Å². The quantitative estimate of drug-likeness (QED) is 0.0320. The number of carbonyl (C=O) groups is 2. The Kier molecular flexibility index (Phi) is 60.5. The fourth-order valence-electron chi connectivity index (χ4n) is 10.3. The molecule has 0 aromatic carbocycles. The predicted molar refractivity (Wildman–Crippen MR) is 315 cm³/mol. The second kappa shape index (κ2) is 61.9. The van der Waals surface area contributed by atoms with Crippen LogP contribution in [0.2, 0.25) is 0 Å². The van der Waals surface area contributed by atoms with Gasteiger partial charge in [0.2, 0.25) is 5.91 Å². The Bertz CT molecular complexity index is 1120. The Labute approximate surface area is 450 Å². The molecule has 0 aromatic rings. The number of carbonyl (C=O) groups excluding carboxylic acids is 2. The first-order valence-electron chi connectivity index (χ1n) is 32.6. The van der Waals surface area contributed by atoms with E-state index in [1.165, 1.54) is 250 Å². The zero-order valence-electron chi connectivity index (χ0n) is 48.7. The average molecular weight is 1010 g/mol. The highest BCUT2D eigenvalue weighted by molar-refractivity contribution is 5.76. The second-order valence-electron chi connectivity index (χ2n) is 22.5. The molecule has 0 saturated heterocycles. The van der Waals surface area contributed by atoms with Crippen molar-refractivity contribution in [2.45, 2.75) is 373 Å². The number of nitrogens with one attached hydrogen (secondary N) is 1. The van der Waals surface area contributed by atoms with E-state index in [0.717, 1.165) is 77.0 Å². The number of hydrogen-bond donors (Lipinski definition) is 3. The number of aliphatic hydroxyl groups is 2. The van der Waals surface area contributed by atoms with E-state index >= 15 is 0 Å². The largest absolute Gasteiger partial charge is 0.466 e. The number of allylic oxidation sites excluding steroid dienone is 4. The molecular formula is C66H127NO5. The number of amides is 1. The van der Waals surface area contributed by atoms with Crippen LogP contribution in [0.5, 0.6) is 0 Å². The molecule has 0 rings (SSSR count). The van der Waals surface area contributed by atoms with Gasteiger partial charge in [0.15, 0.2) is 0 Å². The van der Waals surface area contributed by atoms with Crippen molar-refractivity contribution >= 4 is 11.9 Å². The molecule has 426 valence electrons. The van der Waals surface area contributed by atoms with Crippen LogP contribution < -0.4 is 5.32 Å². The van der Waals surface area contributed by atoms with Gasteiger partial charge in [-0.3, -0.25) is 9.59 Å². The average Bonchev–Trinajstić information content (AvgIpc) is 3.38. The third-order valence-electron chi connectivity index (χ3n) is 15.3. The third-order valence-corrected chi connectivity index (χ3v) is 15.3. The monoisotopic (exact) mass is 1010 g/mol. The van der Waals surface area contributed by atoms with E-state index in [1.807, 2.05) is 0 Å².